The van der Waals surface area contributed by atoms with Crippen molar-refractivity contribution < 1.29 is 13.5 Å². The second-order valence-corrected chi connectivity index (χ2v) is 7.73. The fourth-order valence-electron chi connectivity index (χ4n) is 2.41. The molecule has 0 amide bonds. The second-order valence-electron chi connectivity index (χ2n) is 5.25. The number of aliphatic hydroxyl groups is 1. The molecule has 0 saturated carbocycles. The van der Waals surface area contributed by atoms with Crippen LogP contribution in [0.4, 0.5) is 0 Å². The molecule has 0 spiro atoms. The number of hydrogen-bond acceptors (Lipinski definition) is 4. The van der Waals surface area contributed by atoms with E-state index in [2.05, 4.69) is 25.6 Å². The van der Waals surface area contributed by atoms with Gasteiger partial charge in [0.05, 0.1) is 11.5 Å². The van der Waals surface area contributed by atoms with Gasteiger partial charge in [0.2, 0.25) is 10.0 Å². The molecule has 0 radical (unpaired) electrons. The molecule has 2 rings (SSSR count). The molecule has 1 aromatic rings. The highest BCUT2D eigenvalue weighted by Crippen LogP contribution is 2.28. The smallest absolute Gasteiger partial charge is 0.242 e. The van der Waals surface area contributed by atoms with Crippen molar-refractivity contribution in [1.82, 2.24) is 9.62 Å². The Hall–Kier alpha value is -0.470. The molecule has 0 aliphatic carbocycles. The summed E-state index contributed by atoms with van der Waals surface area (Å²) in [6, 6.07) is 3.22. The number of benzene rings is 1. The Kier molecular flexibility index (Phi) is 4.86. The topological polar surface area (TPSA) is 69.6 Å². The summed E-state index contributed by atoms with van der Waals surface area (Å²) in [6.07, 6.45) is 0.812. The molecule has 1 atom stereocenters. The molecule has 0 bridgehead atoms. The van der Waals surface area contributed by atoms with Crippen LogP contribution in [-0.4, -0.2) is 44.6 Å². The summed E-state index contributed by atoms with van der Waals surface area (Å²) in [7, 11) is -1.61. The van der Waals surface area contributed by atoms with E-state index in [1.807, 2.05) is 14.0 Å². The number of nitrogens with one attached hydrogen (secondary N) is 1. The van der Waals surface area contributed by atoms with Crippen molar-refractivity contribution in [1.29, 1.82) is 0 Å². The third-order valence-corrected chi connectivity index (χ3v) is 6.33. The number of aryl methyl sites for hydroxylation is 1. The lowest BCUT2D eigenvalue weighted by Crippen LogP contribution is -2.36. The molecule has 1 aromatic carbocycles. The molecule has 1 saturated heterocycles. The number of halogens is 1. The number of hydrogen-bond donors (Lipinski definition) is 2. The number of likely N-dealkylation sites (N-methyl/N-ethyl adjacent to an activating group) is 1. The van der Waals surface area contributed by atoms with Gasteiger partial charge < -0.3 is 10.0 Å². The van der Waals surface area contributed by atoms with Crippen LogP contribution in [0, 0.1) is 6.92 Å². The monoisotopic (exact) mass is 362 g/mol. The maximum Gasteiger partial charge on any atom is 0.242 e. The van der Waals surface area contributed by atoms with E-state index < -0.39 is 10.0 Å². The molecule has 1 fully saturated rings. The van der Waals surface area contributed by atoms with Gasteiger partial charge in [-0.3, -0.25) is 0 Å². The van der Waals surface area contributed by atoms with Gasteiger partial charge in [-0.25, -0.2) is 13.1 Å². The summed E-state index contributed by atoms with van der Waals surface area (Å²) in [5.41, 5.74) is 1.38. The van der Waals surface area contributed by atoms with Gasteiger partial charge in [0.15, 0.2) is 0 Å². The van der Waals surface area contributed by atoms with E-state index in [0.29, 0.717) is 10.0 Å². The maximum absolute atomic E-state index is 12.5. The number of likely N-dealkylation sites (tertiary alicyclic amines) is 1. The molecule has 1 aliphatic heterocycles. The van der Waals surface area contributed by atoms with Crippen molar-refractivity contribution in [2.75, 3.05) is 20.1 Å². The number of sulfonamides is 1. The number of nitrogens with zero attached hydrogens (tertiary/aromatic N) is 1. The summed E-state index contributed by atoms with van der Waals surface area (Å²) in [4.78, 5) is 2.29. The number of aliphatic hydroxyl groups excluding tert-OH is 1. The van der Waals surface area contributed by atoms with E-state index in [1.54, 1.807) is 6.07 Å². The zero-order chi connectivity index (χ0) is 14.9. The van der Waals surface area contributed by atoms with Gasteiger partial charge in [0, 0.05) is 17.1 Å². The van der Waals surface area contributed by atoms with Crippen molar-refractivity contribution in [3.05, 3.63) is 27.7 Å². The highest BCUT2D eigenvalue weighted by molar-refractivity contribution is 9.10. The predicted octanol–water partition coefficient (Wildman–Crippen LogP) is 1.23. The van der Waals surface area contributed by atoms with Crippen molar-refractivity contribution in [3.8, 4) is 0 Å². The zero-order valence-corrected chi connectivity index (χ0v) is 14.0. The molecular formula is C13H19BrN2O3S. The summed E-state index contributed by atoms with van der Waals surface area (Å²) in [5.74, 6) is 0. The average molecular weight is 363 g/mol. The fraction of sp³-hybridized carbons (Fsp3) is 0.538. The van der Waals surface area contributed by atoms with Gasteiger partial charge >= 0.3 is 0 Å². The minimum Gasteiger partial charge on any atom is -0.392 e. The maximum atomic E-state index is 12.5. The largest absolute Gasteiger partial charge is 0.392 e. The normalized spacial score (nSPS) is 20.5. The third kappa shape index (κ3) is 3.40. The molecule has 0 aromatic heterocycles. The predicted molar refractivity (Wildman–Crippen MR) is 81.0 cm³/mol. The third-order valence-electron chi connectivity index (χ3n) is 3.47. The Balaban J connectivity index is 2.31. The van der Waals surface area contributed by atoms with E-state index in [0.717, 1.165) is 25.1 Å². The van der Waals surface area contributed by atoms with E-state index in [1.165, 1.54) is 6.07 Å². The quantitative estimate of drug-likeness (QED) is 0.845. The summed E-state index contributed by atoms with van der Waals surface area (Å²) in [5, 5.41) is 9.22. The molecule has 7 heteroatoms. The number of rotatable bonds is 4. The fourth-order valence-corrected chi connectivity index (χ4v) is 4.74. The summed E-state index contributed by atoms with van der Waals surface area (Å²) < 4.78 is 28.3. The Labute approximate surface area is 128 Å². The van der Waals surface area contributed by atoms with E-state index in [4.69, 9.17) is 0 Å². The Morgan fingerprint density at radius 3 is 2.75 bits per heavy atom. The van der Waals surface area contributed by atoms with E-state index in [-0.39, 0.29) is 17.5 Å². The molecule has 20 heavy (non-hydrogen) atoms. The Morgan fingerprint density at radius 1 is 1.50 bits per heavy atom. The average Bonchev–Trinajstić information content (AvgIpc) is 2.76. The van der Waals surface area contributed by atoms with Crippen molar-refractivity contribution >= 4 is 26.0 Å². The molecule has 2 N–H and O–H groups in total. The zero-order valence-electron chi connectivity index (χ0n) is 11.6. The summed E-state index contributed by atoms with van der Waals surface area (Å²) >= 11 is 3.33. The first-order valence-corrected chi connectivity index (χ1v) is 8.72. The van der Waals surface area contributed by atoms with Gasteiger partial charge in [-0.1, -0.05) is 6.07 Å². The van der Waals surface area contributed by atoms with Gasteiger partial charge in [-0.2, -0.15) is 0 Å². The van der Waals surface area contributed by atoms with Gasteiger partial charge in [0.1, 0.15) is 0 Å². The lowest BCUT2D eigenvalue weighted by atomic mass is 10.1. The van der Waals surface area contributed by atoms with Crippen molar-refractivity contribution in [3.63, 3.8) is 0 Å². The minimum absolute atomic E-state index is 0.0602. The molecule has 5 nitrogen and oxygen atoms in total. The molecular weight excluding hydrogens is 344 g/mol. The van der Waals surface area contributed by atoms with Crippen LogP contribution < -0.4 is 4.72 Å². The van der Waals surface area contributed by atoms with Crippen molar-refractivity contribution in [2.24, 2.45) is 0 Å². The van der Waals surface area contributed by atoms with Crippen LogP contribution in [0.2, 0.25) is 0 Å². The summed E-state index contributed by atoms with van der Waals surface area (Å²) in [6.45, 7) is 3.24. The van der Waals surface area contributed by atoms with Crippen LogP contribution in [0.3, 0.4) is 0 Å². The standard InChI is InChI=1S/C13H19BrN2O3S/c1-9-5-10(8-17)6-12(13(9)14)20(18,19)15-11-3-4-16(2)7-11/h5-6,11,15,17H,3-4,7-8H2,1-2H3. The second kappa shape index (κ2) is 6.11. The van der Waals surface area contributed by atoms with Crippen LogP contribution in [0.25, 0.3) is 0 Å². The van der Waals surface area contributed by atoms with Crippen LogP contribution in [0.1, 0.15) is 17.5 Å². The van der Waals surface area contributed by atoms with Crippen molar-refractivity contribution in [2.45, 2.75) is 30.9 Å². The van der Waals surface area contributed by atoms with Gasteiger partial charge in [-0.05, 0) is 60.1 Å². The molecule has 1 heterocycles. The lowest BCUT2D eigenvalue weighted by molar-refractivity contribution is 0.281. The van der Waals surface area contributed by atoms with Crippen LogP contribution in [-0.2, 0) is 16.6 Å². The molecule has 1 aliphatic rings. The van der Waals surface area contributed by atoms with Crippen LogP contribution >= 0.6 is 15.9 Å². The van der Waals surface area contributed by atoms with Gasteiger partial charge in [0.25, 0.3) is 0 Å². The first-order chi connectivity index (χ1) is 9.33. The SMILES string of the molecule is Cc1cc(CO)cc(S(=O)(=O)NC2CCN(C)C2)c1Br. The van der Waals surface area contributed by atoms with Crippen LogP contribution in [0.15, 0.2) is 21.5 Å². The first kappa shape index (κ1) is 15.9. The Bertz CT molecular complexity index is 604. The highest BCUT2D eigenvalue weighted by atomic mass is 79.9. The van der Waals surface area contributed by atoms with E-state index >= 15 is 0 Å². The lowest BCUT2D eigenvalue weighted by Gasteiger charge is -2.16. The van der Waals surface area contributed by atoms with E-state index in [9.17, 15) is 13.5 Å². The Morgan fingerprint density at radius 2 is 2.20 bits per heavy atom. The first-order valence-electron chi connectivity index (χ1n) is 6.44. The minimum atomic E-state index is -3.59. The highest BCUT2D eigenvalue weighted by Gasteiger charge is 2.27. The van der Waals surface area contributed by atoms with Gasteiger partial charge in [-0.15, -0.1) is 0 Å². The molecule has 1 unspecified atom stereocenters. The molecule has 112 valence electrons. The van der Waals surface area contributed by atoms with Crippen LogP contribution in [0.5, 0.6) is 0 Å².